The molecule has 0 aliphatic carbocycles. The van der Waals surface area contributed by atoms with Gasteiger partial charge in [0.05, 0.1) is 5.60 Å². The SMILES string of the molecule is CCC(C)(O)CN(Cc1ccccc1)C(=O)c1ccc(=O)n(C)n1. The lowest BCUT2D eigenvalue weighted by Gasteiger charge is -2.31. The van der Waals surface area contributed by atoms with Crippen LogP contribution in [0.1, 0.15) is 36.3 Å². The second kappa shape index (κ2) is 7.40. The molecule has 6 heteroatoms. The number of amides is 1. The quantitative estimate of drug-likeness (QED) is 0.873. The molecule has 0 fully saturated rings. The Bertz CT molecular complexity index is 754. The lowest BCUT2D eigenvalue weighted by atomic mass is 10.0. The molecule has 6 nitrogen and oxygen atoms in total. The van der Waals surface area contributed by atoms with Gasteiger partial charge in [-0.15, -0.1) is 0 Å². The minimum Gasteiger partial charge on any atom is -0.388 e. The summed E-state index contributed by atoms with van der Waals surface area (Å²) < 4.78 is 1.13. The molecule has 2 rings (SSSR count). The third-order valence-electron chi connectivity index (χ3n) is 3.98. The zero-order chi connectivity index (χ0) is 17.7. The van der Waals surface area contributed by atoms with Crippen molar-refractivity contribution in [3.8, 4) is 0 Å². The van der Waals surface area contributed by atoms with Crippen molar-refractivity contribution in [2.45, 2.75) is 32.4 Å². The van der Waals surface area contributed by atoms with Crippen LogP contribution in [0.5, 0.6) is 0 Å². The summed E-state index contributed by atoms with van der Waals surface area (Å²) >= 11 is 0. The van der Waals surface area contributed by atoms with Crippen LogP contribution < -0.4 is 5.56 Å². The molecule has 0 aliphatic heterocycles. The van der Waals surface area contributed by atoms with E-state index in [1.54, 1.807) is 11.8 Å². The minimum absolute atomic E-state index is 0.180. The molecule has 1 amide bonds. The van der Waals surface area contributed by atoms with Crippen molar-refractivity contribution in [3.05, 3.63) is 64.1 Å². The van der Waals surface area contributed by atoms with Gasteiger partial charge in [0.1, 0.15) is 5.69 Å². The van der Waals surface area contributed by atoms with E-state index in [1.165, 1.54) is 19.2 Å². The number of hydrogen-bond acceptors (Lipinski definition) is 4. The maximum Gasteiger partial charge on any atom is 0.274 e. The lowest BCUT2D eigenvalue weighted by molar-refractivity contribution is 0.0132. The Labute approximate surface area is 141 Å². The highest BCUT2D eigenvalue weighted by Gasteiger charge is 2.27. The number of hydrogen-bond donors (Lipinski definition) is 1. The molecule has 1 aromatic carbocycles. The van der Waals surface area contributed by atoms with E-state index < -0.39 is 5.60 Å². The third-order valence-corrected chi connectivity index (χ3v) is 3.98. The van der Waals surface area contributed by atoms with Crippen molar-refractivity contribution in [3.63, 3.8) is 0 Å². The predicted molar refractivity (Wildman–Crippen MR) is 91.6 cm³/mol. The molecule has 0 spiro atoms. The predicted octanol–water partition coefficient (Wildman–Crippen LogP) is 1.58. The number of carbonyl (C=O) groups is 1. The largest absolute Gasteiger partial charge is 0.388 e. The van der Waals surface area contributed by atoms with Crippen LogP contribution in [0.15, 0.2) is 47.3 Å². The van der Waals surface area contributed by atoms with Gasteiger partial charge in [0.2, 0.25) is 0 Å². The molecule has 0 saturated heterocycles. The van der Waals surface area contributed by atoms with E-state index in [2.05, 4.69) is 5.10 Å². The number of aryl methyl sites for hydroxylation is 1. The van der Waals surface area contributed by atoms with E-state index in [9.17, 15) is 14.7 Å². The molecule has 2 aromatic rings. The first-order valence-corrected chi connectivity index (χ1v) is 7.92. The van der Waals surface area contributed by atoms with Crippen LogP contribution in [0.4, 0.5) is 0 Å². The fourth-order valence-corrected chi connectivity index (χ4v) is 2.30. The molecule has 1 N–H and O–H groups in total. The Hall–Kier alpha value is -2.47. The molecule has 0 saturated carbocycles. The van der Waals surface area contributed by atoms with Crippen molar-refractivity contribution in [2.24, 2.45) is 7.05 Å². The van der Waals surface area contributed by atoms with Gasteiger partial charge in [0.25, 0.3) is 11.5 Å². The van der Waals surface area contributed by atoms with Crippen LogP contribution in [-0.4, -0.2) is 37.8 Å². The molecule has 1 aromatic heterocycles. The Morgan fingerprint density at radius 2 is 1.92 bits per heavy atom. The number of rotatable bonds is 6. The zero-order valence-electron chi connectivity index (χ0n) is 14.3. The molecule has 1 unspecified atom stereocenters. The first-order chi connectivity index (χ1) is 11.3. The number of aliphatic hydroxyl groups is 1. The van der Waals surface area contributed by atoms with Gasteiger partial charge in [-0.25, -0.2) is 4.68 Å². The number of benzene rings is 1. The summed E-state index contributed by atoms with van der Waals surface area (Å²) in [6.07, 6.45) is 0.520. The maximum atomic E-state index is 12.8. The third kappa shape index (κ3) is 4.52. The van der Waals surface area contributed by atoms with Gasteiger partial charge in [-0.3, -0.25) is 9.59 Å². The summed E-state index contributed by atoms with van der Waals surface area (Å²) in [5.74, 6) is -0.317. The van der Waals surface area contributed by atoms with E-state index in [-0.39, 0.29) is 23.7 Å². The fourth-order valence-electron chi connectivity index (χ4n) is 2.30. The van der Waals surface area contributed by atoms with Crippen molar-refractivity contribution in [2.75, 3.05) is 6.54 Å². The Balaban J connectivity index is 2.31. The van der Waals surface area contributed by atoms with Crippen molar-refractivity contribution in [1.82, 2.24) is 14.7 Å². The molecule has 1 atom stereocenters. The lowest BCUT2D eigenvalue weighted by Crippen LogP contribution is -2.43. The molecule has 0 radical (unpaired) electrons. The van der Waals surface area contributed by atoms with Crippen LogP contribution in [0.25, 0.3) is 0 Å². The van der Waals surface area contributed by atoms with Gasteiger partial charge < -0.3 is 10.0 Å². The Morgan fingerprint density at radius 1 is 1.25 bits per heavy atom. The Kier molecular flexibility index (Phi) is 5.51. The standard InChI is InChI=1S/C18H23N3O3/c1-4-18(2,24)13-21(12-14-8-6-5-7-9-14)17(23)15-10-11-16(22)20(3)19-15/h5-11,24H,4,12-13H2,1-3H3. The molecule has 1 heterocycles. The molecular weight excluding hydrogens is 306 g/mol. The monoisotopic (exact) mass is 329 g/mol. The summed E-state index contributed by atoms with van der Waals surface area (Å²) in [7, 11) is 1.50. The summed E-state index contributed by atoms with van der Waals surface area (Å²) in [4.78, 5) is 25.9. The van der Waals surface area contributed by atoms with Crippen molar-refractivity contribution >= 4 is 5.91 Å². The topological polar surface area (TPSA) is 75.4 Å². The van der Waals surface area contributed by atoms with Gasteiger partial charge in [-0.1, -0.05) is 37.3 Å². The van der Waals surface area contributed by atoms with E-state index in [1.807, 2.05) is 37.3 Å². The Morgan fingerprint density at radius 3 is 2.50 bits per heavy atom. The van der Waals surface area contributed by atoms with Gasteiger partial charge in [-0.2, -0.15) is 5.10 Å². The zero-order valence-corrected chi connectivity index (χ0v) is 14.3. The van der Waals surface area contributed by atoms with Crippen molar-refractivity contribution in [1.29, 1.82) is 0 Å². The second-order valence-electron chi connectivity index (χ2n) is 6.18. The van der Waals surface area contributed by atoms with Crippen molar-refractivity contribution < 1.29 is 9.90 Å². The van der Waals surface area contributed by atoms with Crippen LogP contribution in [0.2, 0.25) is 0 Å². The average molecular weight is 329 g/mol. The summed E-state index contributed by atoms with van der Waals surface area (Å²) in [6.45, 7) is 4.12. The second-order valence-corrected chi connectivity index (χ2v) is 6.18. The molecule has 0 aliphatic rings. The highest BCUT2D eigenvalue weighted by atomic mass is 16.3. The van der Waals surface area contributed by atoms with E-state index >= 15 is 0 Å². The van der Waals surface area contributed by atoms with Crippen LogP contribution in [0, 0.1) is 0 Å². The van der Waals surface area contributed by atoms with Gasteiger partial charge in [0.15, 0.2) is 0 Å². The number of aromatic nitrogens is 2. The van der Waals surface area contributed by atoms with Crippen LogP contribution in [0.3, 0.4) is 0 Å². The smallest absolute Gasteiger partial charge is 0.274 e. The van der Waals surface area contributed by atoms with Gasteiger partial charge >= 0.3 is 0 Å². The van der Waals surface area contributed by atoms with E-state index in [0.717, 1.165) is 10.2 Å². The summed E-state index contributed by atoms with van der Waals surface area (Å²) in [5, 5.41) is 14.4. The minimum atomic E-state index is -0.995. The van der Waals surface area contributed by atoms with Gasteiger partial charge in [-0.05, 0) is 25.0 Å². The normalized spacial score (nSPS) is 13.3. The van der Waals surface area contributed by atoms with Crippen LogP contribution >= 0.6 is 0 Å². The van der Waals surface area contributed by atoms with E-state index in [4.69, 9.17) is 0 Å². The first kappa shape index (κ1) is 17.9. The molecular formula is C18H23N3O3. The summed E-state index contributed by atoms with van der Waals surface area (Å²) in [6, 6.07) is 12.3. The average Bonchev–Trinajstić information content (AvgIpc) is 2.57. The van der Waals surface area contributed by atoms with Gasteiger partial charge in [0, 0.05) is 26.2 Å². The highest BCUT2D eigenvalue weighted by Crippen LogP contribution is 2.16. The molecule has 128 valence electrons. The van der Waals surface area contributed by atoms with Crippen LogP contribution in [-0.2, 0) is 13.6 Å². The summed E-state index contributed by atoms with van der Waals surface area (Å²) in [5.41, 5.74) is -0.130. The maximum absolute atomic E-state index is 12.8. The highest BCUT2D eigenvalue weighted by molar-refractivity contribution is 5.92. The number of carbonyl (C=O) groups excluding carboxylic acids is 1. The number of nitrogens with zero attached hydrogens (tertiary/aromatic N) is 3. The molecule has 0 bridgehead atoms. The van der Waals surface area contributed by atoms with E-state index in [0.29, 0.717) is 13.0 Å². The molecule has 24 heavy (non-hydrogen) atoms. The first-order valence-electron chi connectivity index (χ1n) is 7.92. The fraction of sp³-hybridized carbons (Fsp3) is 0.389.